The fraction of sp³-hybridized carbons (Fsp3) is 0.308. The normalized spacial score (nSPS) is 11.8. The van der Waals surface area contributed by atoms with Crippen LogP contribution < -0.4 is 0 Å². The highest BCUT2D eigenvalue weighted by Crippen LogP contribution is 2.14. The van der Waals surface area contributed by atoms with Crippen LogP contribution in [0.4, 0.5) is 0 Å². The predicted molar refractivity (Wildman–Crippen MR) is 57.6 cm³/mol. The second-order valence-electron chi connectivity index (χ2n) is 3.45. The molecule has 0 radical (unpaired) electrons. The molecule has 1 rings (SSSR count). The summed E-state index contributed by atoms with van der Waals surface area (Å²) < 4.78 is 0. The molecular formula is C13H16. The molecule has 0 saturated carbocycles. The van der Waals surface area contributed by atoms with Crippen LogP contribution in [-0.4, -0.2) is 0 Å². The second-order valence-corrected chi connectivity index (χ2v) is 3.45. The van der Waals surface area contributed by atoms with Crippen LogP contribution in [0.1, 0.15) is 19.4 Å². The third-order valence-electron chi connectivity index (χ3n) is 2.40. The molecule has 0 bridgehead atoms. The van der Waals surface area contributed by atoms with Gasteiger partial charge in [-0.1, -0.05) is 43.8 Å². The average Bonchev–Trinajstić information content (AvgIpc) is 2.18. The summed E-state index contributed by atoms with van der Waals surface area (Å²) in [4.78, 5) is 0. The maximum absolute atomic E-state index is 3.66. The van der Waals surface area contributed by atoms with Gasteiger partial charge in [-0.3, -0.25) is 0 Å². The molecule has 1 atom stereocenters. The zero-order chi connectivity index (χ0) is 9.68. The van der Waals surface area contributed by atoms with Crippen LogP contribution in [0.5, 0.6) is 0 Å². The van der Waals surface area contributed by atoms with Crippen molar-refractivity contribution in [3.63, 3.8) is 0 Å². The zero-order valence-corrected chi connectivity index (χ0v) is 8.38. The summed E-state index contributed by atoms with van der Waals surface area (Å²) in [6.07, 6.45) is 1.08. The molecule has 13 heavy (non-hydrogen) atoms. The van der Waals surface area contributed by atoms with E-state index in [9.17, 15) is 0 Å². The van der Waals surface area contributed by atoms with Crippen LogP contribution in [0, 0.1) is 5.92 Å². The first-order valence-corrected chi connectivity index (χ1v) is 4.64. The van der Waals surface area contributed by atoms with Crippen LogP contribution in [0.2, 0.25) is 0 Å². The van der Waals surface area contributed by atoms with E-state index in [-0.39, 0.29) is 0 Å². The van der Waals surface area contributed by atoms with Crippen molar-refractivity contribution in [3.8, 4) is 0 Å². The maximum Gasteiger partial charge on any atom is -0.0118 e. The van der Waals surface area contributed by atoms with Gasteiger partial charge in [0.15, 0.2) is 0 Å². The van der Waals surface area contributed by atoms with Gasteiger partial charge in [0.05, 0.1) is 0 Å². The van der Waals surface area contributed by atoms with Gasteiger partial charge in [-0.15, -0.1) is 5.73 Å². The molecule has 1 unspecified atom stereocenters. The Bertz CT molecular complexity index is 302. The highest BCUT2D eigenvalue weighted by atomic mass is 14.1. The highest BCUT2D eigenvalue weighted by Gasteiger charge is 2.03. The van der Waals surface area contributed by atoms with E-state index in [0.717, 1.165) is 6.42 Å². The monoisotopic (exact) mass is 172 g/mol. The number of hydrogen-bond donors (Lipinski definition) is 0. The van der Waals surface area contributed by atoms with Gasteiger partial charge >= 0.3 is 0 Å². The Morgan fingerprint density at radius 2 is 2.00 bits per heavy atom. The van der Waals surface area contributed by atoms with E-state index in [4.69, 9.17) is 0 Å². The Hall–Kier alpha value is -1.26. The molecule has 0 aliphatic rings. The van der Waals surface area contributed by atoms with Crippen LogP contribution in [0.25, 0.3) is 0 Å². The molecule has 0 spiro atoms. The molecule has 0 aliphatic carbocycles. The van der Waals surface area contributed by atoms with Gasteiger partial charge < -0.3 is 0 Å². The summed E-state index contributed by atoms with van der Waals surface area (Å²) in [7, 11) is 0. The molecule has 0 saturated heterocycles. The third-order valence-corrected chi connectivity index (χ3v) is 2.40. The minimum Gasteiger partial charge on any atom is -0.130 e. The fourth-order valence-corrected chi connectivity index (χ4v) is 1.29. The van der Waals surface area contributed by atoms with E-state index in [2.05, 4.69) is 50.4 Å². The largest absolute Gasteiger partial charge is 0.130 e. The standard InChI is InChI=1S/C13H16/c1-4-11(2)12(3)10-13-8-6-5-7-9-13/h5-9,12H,1,10H2,2-3H3. The molecule has 0 N–H and O–H groups in total. The van der Waals surface area contributed by atoms with Gasteiger partial charge in [-0.2, -0.15) is 0 Å². The van der Waals surface area contributed by atoms with Crippen LogP contribution in [0.15, 0.2) is 48.2 Å². The van der Waals surface area contributed by atoms with Crippen molar-refractivity contribution in [3.05, 3.63) is 53.8 Å². The maximum atomic E-state index is 3.66. The molecular weight excluding hydrogens is 156 g/mol. The Morgan fingerprint density at radius 3 is 2.54 bits per heavy atom. The van der Waals surface area contributed by atoms with Gasteiger partial charge in [0.2, 0.25) is 0 Å². The molecule has 0 amide bonds. The van der Waals surface area contributed by atoms with E-state index in [1.165, 1.54) is 11.1 Å². The van der Waals surface area contributed by atoms with Gasteiger partial charge in [-0.25, -0.2) is 0 Å². The van der Waals surface area contributed by atoms with E-state index >= 15 is 0 Å². The van der Waals surface area contributed by atoms with Crippen molar-refractivity contribution in [2.75, 3.05) is 0 Å². The molecule has 1 aromatic carbocycles. The predicted octanol–water partition coefficient (Wildman–Crippen LogP) is 3.60. The number of allylic oxidation sites excluding steroid dienone is 1. The van der Waals surface area contributed by atoms with E-state index < -0.39 is 0 Å². The minimum atomic E-state index is 0.542. The van der Waals surface area contributed by atoms with Crippen molar-refractivity contribution in [2.24, 2.45) is 5.92 Å². The topological polar surface area (TPSA) is 0 Å². The summed E-state index contributed by atoms with van der Waals surface area (Å²) in [5, 5.41) is 0. The average molecular weight is 172 g/mol. The first-order valence-electron chi connectivity index (χ1n) is 4.64. The lowest BCUT2D eigenvalue weighted by molar-refractivity contribution is 0.679. The summed E-state index contributed by atoms with van der Waals surface area (Å²) in [5.74, 6) is 0.542. The Labute approximate surface area is 80.6 Å². The lowest BCUT2D eigenvalue weighted by Crippen LogP contribution is -2.00. The SMILES string of the molecule is C=C=C(C)C(C)Cc1ccccc1. The Balaban J connectivity index is 2.65. The molecule has 0 heteroatoms. The molecule has 68 valence electrons. The fourth-order valence-electron chi connectivity index (χ4n) is 1.29. The van der Waals surface area contributed by atoms with Crippen LogP contribution >= 0.6 is 0 Å². The van der Waals surface area contributed by atoms with Gasteiger partial charge in [0.25, 0.3) is 0 Å². The summed E-state index contributed by atoms with van der Waals surface area (Å²) >= 11 is 0. The number of hydrogen-bond acceptors (Lipinski definition) is 0. The first-order chi connectivity index (χ1) is 6.24. The van der Waals surface area contributed by atoms with Gasteiger partial charge in [0, 0.05) is 0 Å². The Kier molecular flexibility index (Phi) is 3.54. The van der Waals surface area contributed by atoms with E-state index in [1.54, 1.807) is 0 Å². The van der Waals surface area contributed by atoms with E-state index in [1.807, 2.05) is 6.07 Å². The molecule has 0 nitrogen and oxygen atoms in total. The first kappa shape index (κ1) is 9.83. The van der Waals surface area contributed by atoms with Crippen molar-refractivity contribution in [1.29, 1.82) is 0 Å². The second kappa shape index (κ2) is 4.69. The van der Waals surface area contributed by atoms with Crippen molar-refractivity contribution in [1.82, 2.24) is 0 Å². The van der Waals surface area contributed by atoms with Crippen LogP contribution in [-0.2, 0) is 6.42 Å². The molecule has 0 fully saturated rings. The van der Waals surface area contributed by atoms with Crippen LogP contribution in [0.3, 0.4) is 0 Å². The van der Waals surface area contributed by atoms with Crippen molar-refractivity contribution in [2.45, 2.75) is 20.3 Å². The smallest absolute Gasteiger partial charge is 0.0118 e. The minimum absolute atomic E-state index is 0.542. The van der Waals surface area contributed by atoms with Crippen molar-refractivity contribution < 1.29 is 0 Å². The zero-order valence-electron chi connectivity index (χ0n) is 8.38. The van der Waals surface area contributed by atoms with Crippen molar-refractivity contribution >= 4 is 0 Å². The van der Waals surface area contributed by atoms with E-state index in [0.29, 0.717) is 5.92 Å². The molecule has 0 aromatic heterocycles. The number of rotatable bonds is 3. The molecule has 1 aromatic rings. The lowest BCUT2D eigenvalue weighted by atomic mass is 9.95. The highest BCUT2D eigenvalue weighted by molar-refractivity contribution is 5.17. The summed E-state index contributed by atoms with van der Waals surface area (Å²) in [6, 6.07) is 10.5. The van der Waals surface area contributed by atoms with Gasteiger partial charge in [-0.05, 0) is 30.4 Å². The third kappa shape index (κ3) is 2.93. The number of benzene rings is 1. The lowest BCUT2D eigenvalue weighted by Gasteiger charge is -2.09. The molecule has 0 heterocycles. The molecule has 0 aliphatic heterocycles. The Morgan fingerprint density at radius 1 is 1.38 bits per heavy atom. The summed E-state index contributed by atoms with van der Waals surface area (Å²) in [5.41, 5.74) is 5.57. The quantitative estimate of drug-likeness (QED) is 0.611. The van der Waals surface area contributed by atoms with Gasteiger partial charge in [0.1, 0.15) is 0 Å². The summed E-state index contributed by atoms with van der Waals surface area (Å²) in [6.45, 7) is 7.95.